The van der Waals surface area contributed by atoms with Gasteiger partial charge in [0.05, 0.1) is 0 Å². The number of aryl methyl sites for hydroxylation is 1. The average Bonchev–Trinajstić information content (AvgIpc) is 2.43. The number of carboxylic acids is 1. The van der Waals surface area contributed by atoms with Crippen molar-refractivity contribution in [1.82, 2.24) is 0 Å². The molecule has 1 fully saturated rings. The molecule has 1 heterocycles. The maximum atomic E-state index is 11.0. The molecular formula is C13H16O8. The molecule has 5 atom stereocenters. The van der Waals surface area contributed by atoms with Crippen molar-refractivity contribution in [3.05, 3.63) is 23.8 Å². The van der Waals surface area contributed by atoms with Gasteiger partial charge in [-0.25, -0.2) is 4.79 Å². The molecule has 0 saturated carbocycles. The highest BCUT2D eigenvalue weighted by molar-refractivity contribution is 5.73. The van der Waals surface area contributed by atoms with E-state index in [1.54, 1.807) is 13.0 Å². The lowest BCUT2D eigenvalue weighted by molar-refractivity contribution is -0.271. The molecule has 8 nitrogen and oxygen atoms in total. The Hall–Kier alpha value is -1.87. The summed E-state index contributed by atoms with van der Waals surface area (Å²) < 4.78 is 10.2. The second kappa shape index (κ2) is 5.86. The third-order valence-corrected chi connectivity index (χ3v) is 3.17. The van der Waals surface area contributed by atoms with E-state index < -0.39 is 36.7 Å². The van der Waals surface area contributed by atoms with Gasteiger partial charge in [-0.3, -0.25) is 0 Å². The molecule has 0 bridgehead atoms. The lowest BCUT2D eigenvalue weighted by atomic mass is 9.99. The van der Waals surface area contributed by atoms with Gasteiger partial charge in [0.1, 0.15) is 18.3 Å². The van der Waals surface area contributed by atoms with Crippen LogP contribution < -0.4 is 4.74 Å². The number of carboxylic acid groups (broad SMARTS) is 1. The Morgan fingerprint density at radius 2 is 1.86 bits per heavy atom. The molecule has 1 saturated heterocycles. The topological polar surface area (TPSA) is 137 Å². The molecule has 1 aromatic rings. The van der Waals surface area contributed by atoms with Gasteiger partial charge in [0, 0.05) is 0 Å². The molecular weight excluding hydrogens is 284 g/mol. The van der Waals surface area contributed by atoms with Crippen LogP contribution in [0.1, 0.15) is 5.56 Å². The van der Waals surface area contributed by atoms with Crippen LogP contribution in [0.2, 0.25) is 0 Å². The summed E-state index contributed by atoms with van der Waals surface area (Å²) in [5, 5.41) is 47.6. The van der Waals surface area contributed by atoms with Crippen molar-refractivity contribution in [1.29, 1.82) is 0 Å². The number of hydrogen-bond donors (Lipinski definition) is 5. The zero-order chi connectivity index (χ0) is 15.7. The van der Waals surface area contributed by atoms with Crippen LogP contribution in [0.25, 0.3) is 0 Å². The van der Waals surface area contributed by atoms with Crippen LogP contribution >= 0.6 is 0 Å². The SMILES string of the molecule is Cc1ccc(O)c(OC2OC(C(=O)O)C(O)C(O)C2O)c1. The van der Waals surface area contributed by atoms with Crippen LogP contribution in [0, 0.1) is 6.92 Å². The van der Waals surface area contributed by atoms with Gasteiger partial charge in [0.25, 0.3) is 0 Å². The summed E-state index contributed by atoms with van der Waals surface area (Å²) in [5.41, 5.74) is 0.753. The molecule has 5 N–H and O–H groups in total. The highest BCUT2D eigenvalue weighted by Crippen LogP contribution is 2.31. The van der Waals surface area contributed by atoms with E-state index in [1.165, 1.54) is 12.1 Å². The average molecular weight is 300 g/mol. The van der Waals surface area contributed by atoms with E-state index in [1.807, 2.05) is 0 Å². The number of aromatic hydroxyl groups is 1. The Bertz CT molecular complexity index is 531. The number of phenols is 1. The van der Waals surface area contributed by atoms with Crippen molar-refractivity contribution in [3.63, 3.8) is 0 Å². The van der Waals surface area contributed by atoms with Gasteiger partial charge in [-0.05, 0) is 24.6 Å². The molecule has 0 aromatic heterocycles. The number of phenolic OH excluding ortho intramolecular Hbond substituents is 1. The highest BCUT2D eigenvalue weighted by Gasteiger charge is 2.48. The molecule has 21 heavy (non-hydrogen) atoms. The molecule has 0 radical (unpaired) electrons. The van der Waals surface area contributed by atoms with Gasteiger partial charge in [-0.15, -0.1) is 0 Å². The lowest BCUT2D eigenvalue weighted by Crippen LogP contribution is -2.61. The third-order valence-electron chi connectivity index (χ3n) is 3.17. The van der Waals surface area contributed by atoms with E-state index in [-0.39, 0.29) is 11.5 Å². The van der Waals surface area contributed by atoms with Gasteiger partial charge >= 0.3 is 5.97 Å². The summed E-state index contributed by atoms with van der Waals surface area (Å²) in [6.45, 7) is 1.74. The molecule has 0 aliphatic carbocycles. The Balaban J connectivity index is 2.22. The van der Waals surface area contributed by atoms with Gasteiger partial charge < -0.3 is 35.0 Å². The predicted molar refractivity (Wildman–Crippen MR) is 67.8 cm³/mol. The Morgan fingerprint density at radius 3 is 2.48 bits per heavy atom. The quantitative estimate of drug-likeness (QED) is 0.478. The second-order valence-electron chi connectivity index (χ2n) is 4.82. The van der Waals surface area contributed by atoms with Gasteiger partial charge in [-0.1, -0.05) is 6.07 Å². The van der Waals surface area contributed by atoms with Crippen LogP contribution in [0.5, 0.6) is 11.5 Å². The fraction of sp³-hybridized carbons (Fsp3) is 0.462. The van der Waals surface area contributed by atoms with Crippen molar-refractivity contribution in [2.24, 2.45) is 0 Å². The zero-order valence-electron chi connectivity index (χ0n) is 11.1. The minimum Gasteiger partial charge on any atom is -0.504 e. The lowest BCUT2D eigenvalue weighted by Gasteiger charge is -2.38. The van der Waals surface area contributed by atoms with Crippen LogP contribution in [-0.2, 0) is 9.53 Å². The monoisotopic (exact) mass is 300 g/mol. The summed E-state index contributed by atoms with van der Waals surface area (Å²) in [6, 6.07) is 4.44. The highest BCUT2D eigenvalue weighted by atomic mass is 16.7. The maximum Gasteiger partial charge on any atom is 0.335 e. The van der Waals surface area contributed by atoms with Crippen molar-refractivity contribution in [2.45, 2.75) is 37.6 Å². The van der Waals surface area contributed by atoms with E-state index in [2.05, 4.69) is 0 Å². The first-order valence-electron chi connectivity index (χ1n) is 6.20. The summed E-state index contributed by atoms with van der Waals surface area (Å²) in [4.78, 5) is 11.0. The number of hydrogen-bond acceptors (Lipinski definition) is 7. The van der Waals surface area contributed by atoms with E-state index in [0.717, 1.165) is 5.56 Å². The van der Waals surface area contributed by atoms with E-state index in [9.17, 15) is 25.2 Å². The largest absolute Gasteiger partial charge is 0.504 e. The molecule has 2 rings (SSSR count). The van der Waals surface area contributed by atoms with Gasteiger partial charge in [0.15, 0.2) is 17.6 Å². The summed E-state index contributed by atoms with van der Waals surface area (Å²) in [6.07, 6.45) is -8.51. The first kappa shape index (κ1) is 15.5. The predicted octanol–water partition coefficient (Wildman–Crippen LogP) is -1.03. The minimum atomic E-state index is -1.79. The summed E-state index contributed by atoms with van der Waals surface area (Å²) in [5.74, 6) is -1.77. The van der Waals surface area contributed by atoms with Crippen molar-refractivity contribution >= 4 is 5.97 Å². The van der Waals surface area contributed by atoms with Crippen molar-refractivity contribution in [3.8, 4) is 11.5 Å². The number of rotatable bonds is 3. The molecule has 1 aliphatic heterocycles. The van der Waals surface area contributed by atoms with E-state index >= 15 is 0 Å². The number of aliphatic hydroxyl groups is 3. The molecule has 8 heteroatoms. The Morgan fingerprint density at radius 1 is 1.19 bits per heavy atom. The van der Waals surface area contributed by atoms with Gasteiger partial charge in [0.2, 0.25) is 6.29 Å². The molecule has 5 unspecified atom stereocenters. The van der Waals surface area contributed by atoms with E-state index in [0.29, 0.717) is 0 Å². The number of aliphatic carboxylic acids is 1. The fourth-order valence-electron chi connectivity index (χ4n) is 1.99. The third kappa shape index (κ3) is 3.08. The zero-order valence-corrected chi connectivity index (χ0v) is 11.1. The standard InChI is InChI=1S/C13H16O8/c1-5-2-3-6(14)7(4-5)20-13-10(17)8(15)9(16)11(21-13)12(18)19/h2-4,8-11,13-17H,1H3,(H,18,19). The van der Waals surface area contributed by atoms with Gasteiger partial charge in [-0.2, -0.15) is 0 Å². The van der Waals surface area contributed by atoms with Crippen LogP contribution in [0.15, 0.2) is 18.2 Å². The molecule has 0 spiro atoms. The molecule has 116 valence electrons. The van der Waals surface area contributed by atoms with Crippen LogP contribution in [-0.4, -0.2) is 62.2 Å². The van der Waals surface area contributed by atoms with Crippen LogP contribution in [0.4, 0.5) is 0 Å². The smallest absolute Gasteiger partial charge is 0.335 e. The number of benzene rings is 1. The first-order chi connectivity index (χ1) is 9.81. The Kier molecular flexibility index (Phi) is 4.33. The van der Waals surface area contributed by atoms with E-state index in [4.69, 9.17) is 14.6 Å². The molecule has 0 amide bonds. The molecule has 1 aliphatic rings. The number of ether oxygens (including phenoxy) is 2. The first-order valence-corrected chi connectivity index (χ1v) is 6.20. The summed E-state index contributed by atoms with van der Waals surface area (Å²) in [7, 11) is 0. The number of aliphatic hydroxyl groups excluding tert-OH is 3. The normalized spacial score (nSPS) is 32.7. The second-order valence-corrected chi connectivity index (χ2v) is 4.82. The maximum absolute atomic E-state index is 11.0. The number of carbonyl (C=O) groups is 1. The fourth-order valence-corrected chi connectivity index (χ4v) is 1.99. The molecule has 1 aromatic carbocycles. The van der Waals surface area contributed by atoms with Crippen LogP contribution in [0.3, 0.4) is 0 Å². The Labute approximate surface area is 119 Å². The minimum absolute atomic E-state index is 0.0354. The van der Waals surface area contributed by atoms with Crippen molar-refractivity contribution < 1.29 is 39.8 Å². The summed E-state index contributed by atoms with van der Waals surface area (Å²) >= 11 is 0. The van der Waals surface area contributed by atoms with Crippen molar-refractivity contribution in [2.75, 3.05) is 0 Å².